The van der Waals surface area contributed by atoms with E-state index in [1.807, 2.05) is 26.0 Å². The molecule has 0 bridgehead atoms. The second-order valence-electron chi connectivity index (χ2n) is 8.33. The van der Waals surface area contributed by atoms with Crippen molar-refractivity contribution < 1.29 is 19.4 Å². The summed E-state index contributed by atoms with van der Waals surface area (Å²) in [5.41, 5.74) is 4.75. The molecular weight excluding hydrogens is 502 g/mol. The summed E-state index contributed by atoms with van der Waals surface area (Å²) in [6, 6.07) is 7.72. The number of aromatic nitrogens is 2. The summed E-state index contributed by atoms with van der Waals surface area (Å²) in [7, 11) is 0. The van der Waals surface area contributed by atoms with Crippen molar-refractivity contribution in [2.45, 2.75) is 39.6 Å². The fourth-order valence-electron chi connectivity index (χ4n) is 4.84. The Hall–Kier alpha value is -2.59. The Bertz CT molecular complexity index is 1350. The molecule has 1 unspecified atom stereocenters. The topological polar surface area (TPSA) is 93.9 Å². The third-order valence-electron chi connectivity index (χ3n) is 6.52. The molecule has 3 aliphatic heterocycles. The highest BCUT2D eigenvalue weighted by molar-refractivity contribution is 9.10. The van der Waals surface area contributed by atoms with Gasteiger partial charge in [-0.1, -0.05) is 29.8 Å². The number of aliphatic hydroxyl groups is 1. The number of esters is 1. The number of pyridine rings is 2. The highest BCUT2D eigenvalue weighted by atomic mass is 79.9. The second kappa shape index (κ2) is 9.22. The quantitative estimate of drug-likeness (QED) is 0.400. The molecule has 6 rings (SSSR count). The van der Waals surface area contributed by atoms with E-state index in [1.165, 1.54) is 0 Å². The maximum atomic E-state index is 13.3. The summed E-state index contributed by atoms with van der Waals surface area (Å²) >= 11 is 3.58. The molecular formula is C25H26BrN3O5. The van der Waals surface area contributed by atoms with Crippen LogP contribution in [0.15, 0.2) is 33.5 Å². The van der Waals surface area contributed by atoms with Crippen LogP contribution >= 0.6 is 15.9 Å². The van der Waals surface area contributed by atoms with Gasteiger partial charge in [0.25, 0.3) is 5.56 Å². The van der Waals surface area contributed by atoms with Gasteiger partial charge in [0, 0.05) is 40.6 Å². The standard InChI is InChI=1S/C23H20BrN3O5.C2H6/c24-12-1-2-18-13(7-12)15(9-26-3-5-31-6-4-26)16-10-27-19(20(16)25-18)8-14-17(22(27)29)11-32-23(30)21(14)28;1-2/h1-2,7-8,21,28H,3-6,9-11H2;1-2H3. The van der Waals surface area contributed by atoms with Gasteiger partial charge in [0.05, 0.1) is 42.2 Å². The first-order valence-electron chi connectivity index (χ1n) is 11.5. The van der Waals surface area contributed by atoms with Gasteiger partial charge in [-0.05, 0) is 29.8 Å². The van der Waals surface area contributed by atoms with Crippen LogP contribution in [0.1, 0.15) is 42.2 Å². The normalized spacial score (nSPS) is 19.1. The van der Waals surface area contributed by atoms with E-state index >= 15 is 0 Å². The largest absolute Gasteiger partial charge is 0.458 e. The van der Waals surface area contributed by atoms with E-state index in [9.17, 15) is 14.7 Å². The first kappa shape index (κ1) is 23.2. The van der Waals surface area contributed by atoms with Crippen LogP contribution in [0.3, 0.4) is 0 Å². The van der Waals surface area contributed by atoms with Gasteiger partial charge in [0.15, 0.2) is 6.10 Å². The molecule has 0 amide bonds. The molecule has 9 heteroatoms. The van der Waals surface area contributed by atoms with Crippen molar-refractivity contribution in [3.05, 3.63) is 61.3 Å². The van der Waals surface area contributed by atoms with Crippen LogP contribution in [-0.4, -0.2) is 51.8 Å². The highest BCUT2D eigenvalue weighted by Crippen LogP contribution is 2.38. The molecule has 0 saturated carbocycles. The summed E-state index contributed by atoms with van der Waals surface area (Å²) in [4.78, 5) is 32.4. The Labute approximate surface area is 205 Å². The molecule has 1 saturated heterocycles. The van der Waals surface area contributed by atoms with Crippen LogP contribution in [-0.2, 0) is 34.0 Å². The number of hydrogen-bond acceptors (Lipinski definition) is 7. The number of morpholine rings is 1. The fourth-order valence-corrected chi connectivity index (χ4v) is 5.21. The second-order valence-corrected chi connectivity index (χ2v) is 9.25. The summed E-state index contributed by atoms with van der Waals surface area (Å²) in [6.45, 7) is 8.10. The first-order valence-corrected chi connectivity index (χ1v) is 12.3. The summed E-state index contributed by atoms with van der Waals surface area (Å²) in [5.74, 6) is -0.732. The zero-order chi connectivity index (χ0) is 24.0. The Morgan fingerprint density at radius 2 is 1.91 bits per heavy atom. The molecule has 0 radical (unpaired) electrons. The summed E-state index contributed by atoms with van der Waals surface area (Å²) < 4.78 is 13.2. The van der Waals surface area contributed by atoms with Crippen molar-refractivity contribution >= 4 is 32.8 Å². The van der Waals surface area contributed by atoms with E-state index in [2.05, 4.69) is 26.9 Å². The van der Waals surface area contributed by atoms with Crippen molar-refractivity contribution in [1.29, 1.82) is 0 Å². The van der Waals surface area contributed by atoms with Gasteiger partial charge in [0.1, 0.15) is 6.61 Å². The van der Waals surface area contributed by atoms with Gasteiger partial charge in [0.2, 0.25) is 0 Å². The lowest BCUT2D eigenvalue weighted by molar-refractivity contribution is -0.157. The Morgan fingerprint density at radius 1 is 1.15 bits per heavy atom. The van der Waals surface area contributed by atoms with Crippen molar-refractivity contribution in [3.8, 4) is 11.4 Å². The zero-order valence-corrected chi connectivity index (χ0v) is 20.7. The third-order valence-corrected chi connectivity index (χ3v) is 7.02. The molecule has 0 aliphatic carbocycles. The maximum Gasteiger partial charge on any atom is 0.340 e. The number of nitrogens with zero attached hydrogens (tertiary/aromatic N) is 3. The average Bonchev–Trinajstić information content (AvgIpc) is 3.23. The number of cyclic esters (lactones) is 1. The summed E-state index contributed by atoms with van der Waals surface area (Å²) in [5, 5.41) is 11.4. The van der Waals surface area contributed by atoms with E-state index in [-0.39, 0.29) is 12.2 Å². The van der Waals surface area contributed by atoms with Crippen molar-refractivity contribution in [2.75, 3.05) is 26.3 Å². The number of aliphatic hydroxyl groups excluding tert-OH is 1. The molecule has 8 nitrogen and oxygen atoms in total. The third kappa shape index (κ3) is 3.76. The lowest BCUT2D eigenvalue weighted by Gasteiger charge is -2.28. The summed E-state index contributed by atoms with van der Waals surface area (Å²) in [6.07, 6.45) is -1.45. The Morgan fingerprint density at radius 3 is 2.68 bits per heavy atom. The number of carbonyl (C=O) groups excluding carboxylic acids is 1. The fraction of sp³-hybridized carbons (Fsp3) is 0.400. The van der Waals surface area contributed by atoms with E-state index < -0.39 is 12.1 Å². The molecule has 0 spiro atoms. The van der Waals surface area contributed by atoms with Gasteiger partial charge in [-0.15, -0.1) is 0 Å². The van der Waals surface area contributed by atoms with Crippen molar-refractivity contribution in [1.82, 2.24) is 14.5 Å². The predicted molar refractivity (Wildman–Crippen MR) is 130 cm³/mol. The molecule has 1 N–H and O–H groups in total. The van der Waals surface area contributed by atoms with Crippen LogP contribution < -0.4 is 5.56 Å². The number of fused-ring (bicyclic) bond motifs is 5. The van der Waals surface area contributed by atoms with Crippen LogP contribution in [0, 0.1) is 0 Å². The molecule has 2 aromatic heterocycles. The highest BCUT2D eigenvalue weighted by Gasteiger charge is 2.35. The van der Waals surface area contributed by atoms with Gasteiger partial charge >= 0.3 is 5.97 Å². The van der Waals surface area contributed by atoms with Crippen LogP contribution in [0.4, 0.5) is 0 Å². The first-order chi connectivity index (χ1) is 16.5. The lowest BCUT2D eigenvalue weighted by Crippen LogP contribution is -2.36. The number of benzene rings is 1. The van der Waals surface area contributed by atoms with Crippen molar-refractivity contribution in [2.24, 2.45) is 0 Å². The van der Waals surface area contributed by atoms with Gasteiger partial charge in [-0.2, -0.15) is 0 Å². The Kier molecular flexibility index (Phi) is 6.28. The molecule has 178 valence electrons. The molecule has 5 heterocycles. The molecule has 3 aliphatic rings. The molecule has 1 aromatic carbocycles. The molecule has 1 atom stereocenters. The SMILES string of the molecule is CC.O=C1OCc2c(cc3n(c2=O)Cc2c-3nc3ccc(Br)cc3c2CN2CCOCC2)C1O. The molecule has 1 fully saturated rings. The van der Waals surface area contributed by atoms with E-state index in [1.54, 1.807) is 10.6 Å². The Balaban J connectivity index is 0.00000117. The van der Waals surface area contributed by atoms with Gasteiger partial charge in [-0.25, -0.2) is 9.78 Å². The van der Waals surface area contributed by atoms with Crippen LogP contribution in [0.5, 0.6) is 0 Å². The number of carbonyl (C=O) groups is 1. The van der Waals surface area contributed by atoms with Crippen molar-refractivity contribution in [3.63, 3.8) is 0 Å². The number of hydrogen-bond donors (Lipinski definition) is 1. The number of halogens is 1. The number of ether oxygens (including phenoxy) is 2. The van der Waals surface area contributed by atoms with E-state index in [0.29, 0.717) is 36.6 Å². The predicted octanol–water partition coefficient (Wildman–Crippen LogP) is 3.14. The minimum absolute atomic E-state index is 0.121. The lowest BCUT2D eigenvalue weighted by atomic mass is 9.98. The van der Waals surface area contributed by atoms with Crippen LogP contribution in [0.25, 0.3) is 22.3 Å². The molecule has 3 aromatic rings. The monoisotopic (exact) mass is 527 g/mol. The minimum Gasteiger partial charge on any atom is -0.458 e. The smallest absolute Gasteiger partial charge is 0.340 e. The van der Waals surface area contributed by atoms with Crippen LogP contribution in [0.2, 0.25) is 0 Å². The minimum atomic E-state index is -1.45. The molecule has 34 heavy (non-hydrogen) atoms. The average molecular weight is 528 g/mol. The van der Waals surface area contributed by atoms with E-state index in [4.69, 9.17) is 14.5 Å². The zero-order valence-electron chi connectivity index (χ0n) is 19.1. The number of rotatable bonds is 2. The maximum absolute atomic E-state index is 13.3. The van der Waals surface area contributed by atoms with E-state index in [0.717, 1.165) is 51.8 Å². The van der Waals surface area contributed by atoms with Gasteiger partial charge < -0.3 is 19.1 Å². The van der Waals surface area contributed by atoms with Gasteiger partial charge in [-0.3, -0.25) is 9.69 Å².